The van der Waals surface area contributed by atoms with Crippen LogP contribution in [0.15, 0.2) is 30.3 Å². The molecule has 1 amide bonds. The summed E-state index contributed by atoms with van der Waals surface area (Å²) >= 11 is 1.61. The summed E-state index contributed by atoms with van der Waals surface area (Å²) in [6, 6.07) is 8.14. The molecule has 0 aliphatic heterocycles. The lowest BCUT2D eigenvalue weighted by Gasteiger charge is -2.17. The van der Waals surface area contributed by atoms with Gasteiger partial charge in [-0.15, -0.1) is 11.3 Å². The Hall–Kier alpha value is -1.88. The Morgan fingerprint density at radius 2 is 2.05 bits per heavy atom. The molecule has 5 heteroatoms. The summed E-state index contributed by atoms with van der Waals surface area (Å²) in [6.07, 6.45) is 0. The lowest BCUT2D eigenvalue weighted by Crippen LogP contribution is -2.31. The first-order valence-electron chi connectivity index (χ1n) is 6.69. The average molecular weight is 307 g/mol. The molecular weight excluding hydrogens is 289 g/mol. The summed E-state index contributed by atoms with van der Waals surface area (Å²) in [7, 11) is 1.72. The van der Waals surface area contributed by atoms with Crippen LogP contribution < -0.4 is 4.74 Å². The third-order valence-corrected chi connectivity index (χ3v) is 4.10. The van der Waals surface area contributed by atoms with E-state index in [2.05, 4.69) is 0 Å². The minimum absolute atomic E-state index is 0.0333. The number of amides is 1. The van der Waals surface area contributed by atoms with Gasteiger partial charge >= 0.3 is 0 Å². The van der Waals surface area contributed by atoms with E-state index >= 15 is 0 Å². The normalized spacial score (nSPS) is 10.5. The number of halogens is 1. The van der Waals surface area contributed by atoms with Crippen LogP contribution in [0, 0.1) is 19.7 Å². The standard InChI is InChI=1S/C16H18FNO2S/c1-11-10-13(12(2)21-11)16(19)18(3)8-9-20-15-7-5-4-6-14(15)17/h4-7,10H,8-9H2,1-3H3. The van der Waals surface area contributed by atoms with Crippen molar-refractivity contribution in [3.05, 3.63) is 51.5 Å². The summed E-state index contributed by atoms with van der Waals surface area (Å²) in [5.74, 6) is -0.217. The second-order valence-electron chi connectivity index (χ2n) is 4.83. The van der Waals surface area contributed by atoms with E-state index in [4.69, 9.17) is 4.74 Å². The molecule has 0 bridgehead atoms. The molecule has 0 saturated heterocycles. The van der Waals surface area contributed by atoms with Crippen molar-refractivity contribution in [2.75, 3.05) is 20.2 Å². The van der Waals surface area contributed by atoms with E-state index < -0.39 is 5.82 Å². The number of aryl methyl sites for hydroxylation is 2. The zero-order chi connectivity index (χ0) is 15.4. The van der Waals surface area contributed by atoms with Gasteiger partial charge in [-0.2, -0.15) is 0 Å². The van der Waals surface area contributed by atoms with Gasteiger partial charge in [0, 0.05) is 16.8 Å². The molecule has 0 unspecified atom stereocenters. The molecule has 0 saturated carbocycles. The van der Waals surface area contributed by atoms with E-state index in [0.717, 1.165) is 15.3 Å². The highest BCUT2D eigenvalue weighted by Gasteiger charge is 2.16. The van der Waals surface area contributed by atoms with Crippen LogP contribution in [0.3, 0.4) is 0 Å². The Labute approximate surface area is 128 Å². The van der Waals surface area contributed by atoms with Gasteiger partial charge in [0.05, 0.1) is 12.1 Å². The molecule has 0 atom stereocenters. The van der Waals surface area contributed by atoms with Crippen LogP contribution >= 0.6 is 11.3 Å². The number of benzene rings is 1. The number of para-hydroxylation sites is 1. The fourth-order valence-electron chi connectivity index (χ4n) is 2.00. The Morgan fingerprint density at radius 3 is 2.67 bits per heavy atom. The Kier molecular flexibility index (Phi) is 4.96. The number of hydrogen-bond acceptors (Lipinski definition) is 3. The SMILES string of the molecule is Cc1cc(C(=O)N(C)CCOc2ccccc2F)c(C)s1. The second kappa shape index (κ2) is 6.72. The smallest absolute Gasteiger partial charge is 0.254 e. The van der Waals surface area contributed by atoms with E-state index in [9.17, 15) is 9.18 Å². The van der Waals surface area contributed by atoms with Gasteiger partial charge in [-0.3, -0.25) is 4.79 Å². The molecule has 3 nitrogen and oxygen atoms in total. The largest absolute Gasteiger partial charge is 0.489 e. The Balaban J connectivity index is 1.90. The summed E-state index contributed by atoms with van der Waals surface area (Å²) in [5, 5.41) is 0. The zero-order valence-electron chi connectivity index (χ0n) is 12.4. The highest BCUT2D eigenvalue weighted by atomic mass is 32.1. The lowest BCUT2D eigenvalue weighted by atomic mass is 10.2. The zero-order valence-corrected chi connectivity index (χ0v) is 13.2. The van der Waals surface area contributed by atoms with E-state index in [-0.39, 0.29) is 18.3 Å². The first-order valence-corrected chi connectivity index (χ1v) is 7.50. The Morgan fingerprint density at radius 1 is 1.33 bits per heavy atom. The molecule has 21 heavy (non-hydrogen) atoms. The van der Waals surface area contributed by atoms with Crippen LogP contribution in [0.5, 0.6) is 5.75 Å². The van der Waals surface area contributed by atoms with Crippen molar-refractivity contribution in [2.24, 2.45) is 0 Å². The molecule has 2 rings (SSSR count). The fraction of sp³-hybridized carbons (Fsp3) is 0.312. The van der Waals surface area contributed by atoms with Gasteiger partial charge in [0.25, 0.3) is 5.91 Å². The van der Waals surface area contributed by atoms with Gasteiger partial charge in [0.1, 0.15) is 6.61 Å². The third kappa shape index (κ3) is 3.82. The summed E-state index contributed by atoms with van der Waals surface area (Å²) in [4.78, 5) is 16.0. The molecule has 0 fully saturated rings. The number of likely N-dealkylation sites (N-methyl/N-ethyl adjacent to an activating group) is 1. The maximum absolute atomic E-state index is 13.4. The highest BCUT2D eigenvalue weighted by Crippen LogP contribution is 2.21. The molecule has 0 aliphatic carbocycles. The number of thiophene rings is 1. The van der Waals surface area contributed by atoms with Crippen molar-refractivity contribution in [1.29, 1.82) is 0 Å². The maximum Gasteiger partial charge on any atom is 0.254 e. The molecule has 0 spiro atoms. The average Bonchev–Trinajstić information content (AvgIpc) is 2.79. The van der Waals surface area contributed by atoms with E-state index in [1.54, 1.807) is 41.5 Å². The number of hydrogen-bond donors (Lipinski definition) is 0. The van der Waals surface area contributed by atoms with Gasteiger partial charge in [-0.05, 0) is 32.0 Å². The first kappa shape index (κ1) is 15.5. The van der Waals surface area contributed by atoms with Crippen LogP contribution in [0.4, 0.5) is 4.39 Å². The molecule has 0 aliphatic rings. The van der Waals surface area contributed by atoms with Crippen molar-refractivity contribution in [1.82, 2.24) is 4.90 Å². The summed E-state index contributed by atoms with van der Waals surface area (Å²) < 4.78 is 18.8. The van der Waals surface area contributed by atoms with Crippen LogP contribution in [0.1, 0.15) is 20.1 Å². The molecule has 1 heterocycles. The van der Waals surface area contributed by atoms with Crippen LogP contribution in [0.2, 0.25) is 0 Å². The molecule has 1 aromatic heterocycles. The fourth-order valence-corrected chi connectivity index (χ4v) is 2.92. The molecule has 2 aromatic rings. The minimum Gasteiger partial charge on any atom is -0.489 e. The summed E-state index contributed by atoms with van der Waals surface area (Å²) in [5.41, 5.74) is 0.728. The van der Waals surface area contributed by atoms with Gasteiger partial charge in [-0.25, -0.2) is 4.39 Å². The number of rotatable bonds is 5. The number of ether oxygens (including phenoxy) is 1. The van der Waals surface area contributed by atoms with Gasteiger partial charge < -0.3 is 9.64 Å². The lowest BCUT2D eigenvalue weighted by molar-refractivity contribution is 0.0773. The monoisotopic (exact) mass is 307 g/mol. The predicted molar refractivity (Wildman–Crippen MR) is 82.6 cm³/mol. The predicted octanol–water partition coefficient (Wildman–Crippen LogP) is 3.66. The van der Waals surface area contributed by atoms with Crippen LogP contribution in [-0.2, 0) is 0 Å². The number of nitrogens with zero attached hydrogens (tertiary/aromatic N) is 1. The highest BCUT2D eigenvalue weighted by molar-refractivity contribution is 7.12. The summed E-state index contributed by atoms with van der Waals surface area (Å²) in [6.45, 7) is 4.58. The topological polar surface area (TPSA) is 29.5 Å². The maximum atomic E-state index is 13.4. The van der Waals surface area contributed by atoms with E-state index in [1.807, 2.05) is 19.9 Å². The van der Waals surface area contributed by atoms with Crippen molar-refractivity contribution in [2.45, 2.75) is 13.8 Å². The van der Waals surface area contributed by atoms with Crippen LogP contribution in [0.25, 0.3) is 0 Å². The Bertz CT molecular complexity index is 639. The van der Waals surface area contributed by atoms with E-state index in [1.165, 1.54) is 6.07 Å². The molecular formula is C16H18FNO2S. The van der Waals surface area contributed by atoms with Gasteiger partial charge in [0.15, 0.2) is 11.6 Å². The van der Waals surface area contributed by atoms with E-state index in [0.29, 0.717) is 6.54 Å². The molecule has 0 N–H and O–H groups in total. The third-order valence-electron chi connectivity index (χ3n) is 3.14. The van der Waals surface area contributed by atoms with Crippen molar-refractivity contribution < 1.29 is 13.9 Å². The second-order valence-corrected chi connectivity index (χ2v) is 6.29. The van der Waals surface area contributed by atoms with Gasteiger partial charge in [-0.1, -0.05) is 12.1 Å². The van der Waals surface area contributed by atoms with Crippen molar-refractivity contribution >= 4 is 17.2 Å². The first-order chi connectivity index (χ1) is 9.99. The van der Waals surface area contributed by atoms with Gasteiger partial charge in [0.2, 0.25) is 0 Å². The molecule has 0 radical (unpaired) electrons. The van der Waals surface area contributed by atoms with Crippen LogP contribution in [-0.4, -0.2) is 31.0 Å². The number of carbonyl (C=O) groups is 1. The number of carbonyl (C=O) groups excluding carboxylic acids is 1. The van der Waals surface area contributed by atoms with Crippen molar-refractivity contribution in [3.63, 3.8) is 0 Å². The molecule has 1 aromatic carbocycles. The minimum atomic E-state index is -0.393. The molecule has 112 valence electrons. The van der Waals surface area contributed by atoms with Crippen molar-refractivity contribution in [3.8, 4) is 5.75 Å². The quantitative estimate of drug-likeness (QED) is 0.844.